The van der Waals surface area contributed by atoms with Crippen LogP contribution in [0.15, 0.2) is 0 Å². The van der Waals surface area contributed by atoms with Gasteiger partial charge in [-0.2, -0.15) is 15.0 Å². The Morgan fingerprint density at radius 1 is 0.700 bits per heavy atom. The van der Waals surface area contributed by atoms with Gasteiger partial charge in [0.05, 0.1) is 40.1 Å². The van der Waals surface area contributed by atoms with Gasteiger partial charge in [-0.25, -0.2) is 9.97 Å². The van der Waals surface area contributed by atoms with E-state index >= 15 is 0 Å². The molecule has 0 bridgehead atoms. The summed E-state index contributed by atoms with van der Waals surface area (Å²) in [4.78, 5) is 46.5. The fourth-order valence-electron chi connectivity index (χ4n) is 4.82. The Balaban J connectivity index is 1.94. The molecule has 2 aliphatic heterocycles. The number of carbonyl (C=O) groups is 1. The highest BCUT2D eigenvalue weighted by atomic mass is 16.7. The van der Waals surface area contributed by atoms with E-state index in [-0.39, 0.29) is 71.0 Å². The third-order valence-electron chi connectivity index (χ3n) is 7.08. The van der Waals surface area contributed by atoms with Crippen LogP contribution in [-0.4, -0.2) is 169 Å². The minimum Gasteiger partial charge on any atom is -0.395 e. The minimum absolute atomic E-state index is 0.0606. The molecule has 16 heteroatoms. The van der Waals surface area contributed by atoms with E-state index in [9.17, 15) is 25.2 Å². The Hall–Kier alpha value is -3.15. The molecule has 40 heavy (non-hydrogen) atoms. The molecule has 4 rings (SSSR count). The first-order chi connectivity index (χ1) is 19.4. The molecule has 0 aliphatic carbocycles. The van der Waals surface area contributed by atoms with Gasteiger partial charge in [0.25, 0.3) is 0 Å². The van der Waals surface area contributed by atoms with Gasteiger partial charge in [-0.05, 0) is 0 Å². The van der Waals surface area contributed by atoms with Gasteiger partial charge in [0.2, 0.25) is 17.8 Å². The number of aliphatic hydroxyl groups excluding tert-OH is 4. The molecule has 16 nitrogen and oxygen atoms in total. The summed E-state index contributed by atoms with van der Waals surface area (Å²) < 4.78 is 0. The highest BCUT2D eigenvalue weighted by Gasteiger charge is 2.30. The van der Waals surface area contributed by atoms with Gasteiger partial charge in [-0.1, -0.05) is 0 Å². The summed E-state index contributed by atoms with van der Waals surface area (Å²) in [6.45, 7) is 3.76. The van der Waals surface area contributed by atoms with Gasteiger partial charge < -0.3 is 49.8 Å². The fourth-order valence-corrected chi connectivity index (χ4v) is 4.82. The second-order valence-corrected chi connectivity index (χ2v) is 9.60. The Kier molecular flexibility index (Phi) is 10.4. The van der Waals surface area contributed by atoms with Crippen molar-refractivity contribution in [3.63, 3.8) is 0 Å². The van der Waals surface area contributed by atoms with Gasteiger partial charge in [0.15, 0.2) is 11.6 Å². The number of aromatic nitrogens is 4. The molecular weight excluding hydrogens is 524 g/mol. The van der Waals surface area contributed by atoms with Crippen LogP contribution in [0, 0.1) is 0 Å². The number of hydrogen-bond donors (Lipinski definition) is 4. The van der Waals surface area contributed by atoms with Crippen LogP contribution in [0.5, 0.6) is 0 Å². The number of piperazine rings is 2. The number of carbonyl (C=O) groups excluding carboxylic acids is 1. The lowest BCUT2D eigenvalue weighted by atomic mass is 10.2. The Morgan fingerprint density at radius 3 is 1.57 bits per heavy atom. The molecule has 222 valence electrons. The van der Waals surface area contributed by atoms with Gasteiger partial charge >= 0.3 is 0 Å². The van der Waals surface area contributed by atoms with Crippen molar-refractivity contribution in [2.75, 3.05) is 132 Å². The number of fused-ring (bicyclic) bond motifs is 1. The van der Waals surface area contributed by atoms with E-state index in [0.717, 1.165) is 0 Å². The summed E-state index contributed by atoms with van der Waals surface area (Å²) in [5, 5.41) is 40.6. The zero-order valence-corrected chi connectivity index (χ0v) is 23.2. The molecule has 2 aromatic heterocycles. The third-order valence-corrected chi connectivity index (χ3v) is 7.08. The van der Waals surface area contributed by atoms with Crippen LogP contribution in [0.4, 0.5) is 23.5 Å². The third kappa shape index (κ3) is 6.59. The van der Waals surface area contributed by atoms with E-state index in [2.05, 4.69) is 4.90 Å². The number of aliphatic hydroxyl groups is 4. The molecule has 0 spiro atoms. The number of anilines is 4. The van der Waals surface area contributed by atoms with Gasteiger partial charge in [0.1, 0.15) is 11.0 Å². The van der Waals surface area contributed by atoms with Gasteiger partial charge in [0, 0.05) is 72.5 Å². The summed E-state index contributed by atoms with van der Waals surface area (Å²) in [5.74, 6) is 1.52. The molecule has 0 radical (unpaired) electrons. The van der Waals surface area contributed by atoms with Crippen molar-refractivity contribution in [2.45, 2.75) is 0 Å². The van der Waals surface area contributed by atoms with E-state index < -0.39 is 0 Å². The molecule has 0 saturated carbocycles. The number of likely N-dealkylation sites (N-methyl/N-ethyl adjacent to an activating group) is 1. The quantitative estimate of drug-likeness (QED) is 0.193. The number of hydrogen-bond acceptors (Lipinski definition) is 15. The normalized spacial score (nSPS) is 16.8. The zero-order valence-electron chi connectivity index (χ0n) is 23.2. The lowest BCUT2D eigenvalue weighted by molar-refractivity contribution is -0.133. The molecule has 4 N–H and O–H groups in total. The van der Waals surface area contributed by atoms with Gasteiger partial charge in [-0.15, -0.1) is 0 Å². The number of amides is 1. The van der Waals surface area contributed by atoms with Crippen LogP contribution in [0.25, 0.3) is 11.0 Å². The molecule has 2 aliphatic rings. The standard InChI is InChI=1S/C24H40N10O6/c1-29-3-4-33(17-18(29)39)22-20-19(25-24(28-22)32(11-15-37)12-16-38)21(30-5-7-34(40-2)8-6-30)27-23(26-20)31(9-13-35)10-14-36/h35-38H,3-17H2,1-2H3. The monoisotopic (exact) mass is 564 g/mol. The highest BCUT2D eigenvalue weighted by Crippen LogP contribution is 2.33. The Bertz CT molecular complexity index is 1120. The van der Waals surface area contributed by atoms with E-state index in [1.165, 1.54) is 0 Å². The summed E-state index contributed by atoms with van der Waals surface area (Å²) in [6, 6.07) is 0. The van der Waals surface area contributed by atoms with Crippen molar-refractivity contribution in [2.24, 2.45) is 0 Å². The molecule has 2 aromatic rings. The number of hydroxylamine groups is 2. The fraction of sp³-hybridized carbons (Fsp3) is 0.708. The largest absolute Gasteiger partial charge is 0.395 e. The Morgan fingerprint density at radius 2 is 1.15 bits per heavy atom. The first-order valence-electron chi connectivity index (χ1n) is 13.5. The van der Waals surface area contributed by atoms with Crippen molar-refractivity contribution in [3.8, 4) is 0 Å². The second kappa shape index (κ2) is 14.0. The maximum atomic E-state index is 12.7. The molecule has 2 fully saturated rings. The molecule has 1 amide bonds. The van der Waals surface area contributed by atoms with Crippen LogP contribution in [0.2, 0.25) is 0 Å². The first-order valence-corrected chi connectivity index (χ1v) is 13.5. The molecule has 0 unspecified atom stereocenters. The maximum absolute atomic E-state index is 12.7. The van der Waals surface area contributed by atoms with Crippen LogP contribution in [-0.2, 0) is 9.63 Å². The number of nitrogens with zero attached hydrogens (tertiary/aromatic N) is 10. The van der Waals surface area contributed by atoms with Crippen molar-refractivity contribution < 1.29 is 30.1 Å². The summed E-state index contributed by atoms with van der Waals surface area (Å²) >= 11 is 0. The van der Waals surface area contributed by atoms with Crippen LogP contribution < -0.4 is 19.6 Å². The Labute approximate surface area is 233 Å². The first kappa shape index (κ1) is 29.8. The van der Waals surface area contributed by atoms with Crippen LogP contribution in [0.3, 0.4) is 0 Å². The van der Waals surface area contributed by atoms with E-state index in [1.807, 2.05) is 9.96 Å². The predicted molar refractivity (Wildman–Crippen MR) is 149 cm³/mol. The van der Waals surface area contributed by atoms with Crippen molar-refractivity contribution in [1.82, 2.24) is 29.9 Å². The molecular formula is C24H40N10O6. The van der Waals surface area contributed by atoms with E-state index in [1.54, 1.807) is 28.9 Å². The van der Waals surface area contributed by atoms with Crippen molar-refractivity contribution in [1.29, 1.82) is 0 Å². The molecule has 0 atom stereocenters. The average molecular weight is 565 g/mol. The SMILES string of the molecule is CON1CCN(c2nc(N(CCO)CCO)nc3c(N4CCN(C)C(=O)C4)nc(N(CCO)CCO)nc23)CC1. The van der Waals surface area contributed by atoms with Crippen molar-refractivity contribution >= 4 is 40.5 Å². The lowest BCUT2D eigenvalue weighted by Gasteiger charge is -2.36. The minimum atomic E-state index is -0.164. The molecule has 0 aromatic carbocycles. The average Bonchev–Trinajstić information content (AvgIpc) is 2.97. The lowest BCUT2D eigenvalue weighted by Crippen LogP contribution is -2.49. The maximum Gasteiger partial charge on any atom is 0.241 e. The van der Waals surface area contributed by atoms with Crippen molar-refractivity contribution in [3.05, 3.63) is 0 Å². The smallest absolute Gasteiger partial charge is 0.241 e. The zero-order chi connectivity index (χ0) is 28.6. The predicted octanol–water partition coefficient (Wildman–Crippen LogP) is -3.04. The summed E-state index contributed by atoms with van der Waals surface area (Å²) in [6.07, 6.45) is 0. The topological polar surface area (TPSA) is 178 Å². The number of rotatable bonds is 13. The van der Waals surface area contributed by atoms with E-state index in [0.29, 0.717) is 67.9 Å². The molecule has 2 saturated heterocycles. The van der Waals surface area contributed by atoms with Gasteiger partial charge in [-0.3, -0.25) is 4.79 Å². The van der Waals surface area contributed by atoms with Crippen LogP contribution >= 0.6 is 0 Å². The van der Waals surface area contributed by atoms with Crippen LogP contribution in [0.1, 0.15) is 0 Å². The van der Waals surface area contributed by atoms with E-state index in [4.69, 9.17) is 24.8 Å². The summed E-state index contributed by atoms with van der Waals surface area (Å²) in [7, 11) is 3.39. The molecule has 4 heterocycles. The summed E-state index contributed by atoms with van der Waals surface area (Å²) in [5.41, 5.74) is 0.902. The highest BCUT2D eigenvalue weighted by molar-refractivity contribution is 5.96. The second-order valence-electron chi connectivity index (χ2n) is 9.60.